The Kier molecular flexibility index (Phi) is 3.67. The van der Waals surface area contributed by atoms with Crippen molar-refractivity contribution in [2.45, 2.75) is 25.4 Å². The van der Waals surface area contributed by atoms with Gasteiger partial charge in [-0.25, -0.2) is 4.68 Å². The summed E-state index contributed by atoms with van der Waals surface area (Å²) in [7, 11) is 1.97. The van der Waals surface area contributed by atoms with Gasteiger partial charge in [0, 0.05) is 31.4 Å². The van der Waals surface area contributed by atoms with Crippen LogP contribution < -0.4 is 0 Å². The number of aromatic nitrogens is 5. The zero-order valence-electron chi connectivity index (χ0n) is 13.2. The number of hydrogen-bond acceptors (Lipinski definition) is 4. The van der Waals surface area contributed by atoms with Crippen LogP contribution in [0.5, 0.6) is 0 Å². The first-order valence-corrected chi connectivity index (χ1v) is 7.99. The highest BCUT2D eigenvalue weighted by Crippen LogP contribution is 2.32. The maximum absolute atomic E-state index is 4.34. The number of para-hydroxylation sites is 1. The van der Waals surface area contributed by atoms with Crippen LogP contribution in [-0.4, -0.2) is 36.2 Å². The van der Waals surface area contributed by atoms with Crippen LogP contribution in [0.1, 0.15) is 30.1 Å². The summed E-state index contributed by atoms with van der Waals surface area (Å²) >= 11 is 0. The average Bonchev–Trinajstić information content (AvgIpc) is 3.29. The number of likely N-dealkylation sites (tertiary alicyclic amines) is 1. The smallest absolute Gasteiger partial charge is 0.0972 e. The first-order chi connectivity index (χ1) is 11.3. The van der Waals surface area contributed by atoms with Gasteiger partial charge in [0.1, 0.15) is 0 Å². The molecule has 1 saturated heterocycles. The van der Waals surface area contributed by atoms with Gasteiger partial charge in [-0.3, -0.25) is 9.58 Å². The summed E-state index contributed by atoms with van der Waals surface area (Å²) in [6.07, 6.45) is 8.51. The number of nitrogens with zero attached hydrogens (tertiary/aromatic N) is 6. The molecular weight excluding hydrogens is 288 g/mol. The highest BCUT2D eigenvalue weighted by atomic mass is 15.4. The second-order valence-electron chi connectivity index (χ2n) is 6.07. The van der Waals surface area contributed by atoms with E-state index in [1.807, 2.05) is 59.1 Å². The molecule has 1 fully saturated rings. The summed E-state index contributed by atoms with van der Waals surface area (Å²) in [5.74, 6) is 0. The highest BCUT2D eigenvalue weighted by molar-refractivity contribution is 5.30. The van der Waals surface area contributed by atoms with E-state index in [0.717, 1.165) is 24.5 Å². The van der Waals surface area contributed by atoms with Gasteiger partial charge in [0.2, 0.25) is 0 Å². The van der Waals surface area contributed by atoms with Crippen molar-refractivity contribution >= 4 is 0 Å². The van der Waals surface area contributed by atoms with Crippen molar-refractivity contribution in [1.82, 2.24) is 29.7 Å². The Morgan fingerprint density at radius 3 is 2.83 bits per heavy atom. The van der Waals surface area contributed by atoms with Crippen molar-refractivity contribution in [3.8, 4) is 5.69 Å². The van der Waals surface area contributed by atoms with Gasteiger partial charge in [0.25, 0.3) is 0 Å². The van der Waals surface area contributed by atoms with E-state index in [1.54, 1.807) is 0 Å². The normalized spacial score (nSPS) is 18.6. The molecule has 0 bridgehead atoms. The maximum Gasteiger partial charge on any atom is 0.0972 e. The fourth-order valence-electron chi connectivity index (χ4n) is 3.29. The Labute approximate surface area is 135 Å². The first-order valence-electron chi connectivity index (χ1n) is 7.99. The monoisotopic (exact) mass is 308 g/mol. The molecule has 0 aliphatic carbocycles. The zero-order valence-corrected chi connectivity index (χ0v) is 13.2. The van der Waals surface area contributed by atoms with Crippen LogP contribution in [0.2, 0.25) is 0 Å². The Morgan fingerprint density at radius 2 is 2.04 bits per heavy atom. The Balaban J connectivity index is 1.50. The zero-order chi connectivity index (χ0) is 15.6. The Bertz CT molecular complexity index is 775. The topological polar surface area (TPSA) is 51.8 Å². The van der Waals surface area contributed by atoms with Crippen LogP contribution in [-0.2, 0) is 13.6 Å². The van der Waals surface area contributed by atoms with Gasteiger partial charge in [-0.2, -0.15) is 5.10 Å². The van der Waals surface area contributed by atoms with Crippen LogP contribution in [0.15, 0.2) is 48.9 Å². The van der Waals surface area contributed by atoms with E-state index >= 15 is 0 Å². The predicted octanol–water partition coefficient (Wildman–Crippen LogP) is 2.34. The molecule has 6 nitrogen and oxygen atoms in total. The van der Waals surface area contributed by atoms with Crippen molar-refractivity contribution in [3.63, 3.8) is 0 Å². The highest BCUT2D eigenvalue weighted by Gasteiger charge is 2.27. The van der Waals surface area contributed by atoms with E-state index in [4.69, 9.17) is 0 Å². The second kappa shape index (κ2) is 5.96. The molecule has 6 heteroatoms. The molecular formula is C17H20N6. The molecule has 1 aliphatic heterocycles. The molecule has 0 amide bonds. The summed E-state index contributed by atoms with van der Waals surface area (Å²) in [5.41, 5.74) is 3.33. The largest absolute Gasteiger partial charge is 0.290 e. The minimum absolute atomic E-state index is 0.436. The molecule has 1 aromatic carbocycles. The second-order valence-corrected chi connectivity index (χ2v) is 6.07. The molecule has 1 atom stereocenters. The molecule has 0 radical (unpaired) electrons. The van der Waals surface area contributed by atoms with E-state index in [1.165, 1.54) is 18.4 Å². The molecule has 3 aromatic rings. The van der Waals surface area contributed by atoms with Gasteiger partial charge in [0.15, 0.2) is 0 Å². The van der Waals surface area contributed by atoms with Crippen LogP contribution >= 0.6 is 0 Å². The third-order valence-corrected chi connectivity index (χ3v) is 4.40. The molecule has 0 unspecified atom stereocenters. The molecule has 3 heterocycles. The van der Waals surface area contributed by atoms with Gasteiger partial charge in [-0.15, -0.1) is 5.10 Å². The molecule has 1 aliphatic rings. The summed E-state index contributed by atoms with van der Waals surface area (Å²) in [6, 6.07) is 10.5. The van der Waals surface area contributed by atoms with Gasteiger partial charge >= 0.3 is 0 Å². The molecule has 2 aromatic heterocycles. The van der Waals surface area contributed by atoms with E-state index in [-0.39, 0.29) is 0 Å². The predicted molar refractivity (Wildman–Crippen MR) is 87.0 cm³/mol. The van der Waals surface area contributed by atoms with Crippen molar-refractivity contribution in [1.29, 1.82) is 0 Å². The molecule has 118 valence electrons. The minimum Gasteiger partial charge on any atom is -0.290 e. The average molecular weight is 308 g/mol. The first kappa shape index (κ1) is 14.1. The summed E-state index contributed by atoms with van der Waals surface area (Å²) in [4.78, 5) is 2.47. The van der Waals surface area contributed by atoms with Gasteiger partial charge in [0.05, 0.1) is 23.8 Å². The Morgan fingerprint density at radius 1 is 1.17 bits per heavy atom. The van der Waals surface area contributed by atoms with E-state index < -0.39 is 0 Å². The van der Waals surface area contributed by atoms with Crippen LogP contribution in [0.25, 0.3) is 5.69 Å². The maximum atomic E-state index is 4.34. The van der Waals surface area contributed by atoms with Crippen LogP contribution in [0.4, 0.5) is 0 Å². The van der Waals surface area contributed by atoms with E-state index in [9.17, 15) is 0 Å². The van der Waals surface area contributed by atoms with Crippen molar-refractivity contribution in [3.05, 3.63) is 60.2 Å². The molecule has 23 heavy (non-hydrogen) atoms. The summed E-state index contributed by atoms with van der Waals surface area (Å²) in [6.45, 7) is 1.92. The molecule has 0 N–H and O–H groups in total. The van der Waals surface area contributed by atoms with Crippen molar-refractivity contribution in [2.24, 2.45) is 7.05 Å². The summed E-state index contributed by atoms with van der Waals surface area (Å²) in [5, 5.41) is 12.9. The number of rotatable bonds is 4. The quantitative estimate of drug-likeness (QED) is 0.742. The summed E-state index contributed by atoms with van der Waals surface area (Å²) < 4.78 is 3.71. The molecule has 4 rings (SSSR count). The standard InChI is InChI=1S/C17H20N6/c1-21-11-14(10-18-21)17-8-5-9-22(17)12-15-13-23(20-19-15)16-6-3-2-4-7-16/h2-4,6-7,10-11,13,17H,5,8-9,12H2,1H3/t17-/m1/s1. The van der Waals surface area contributed by atoms with E-state index in [0.29, 0.717) is 6.04 Å². The third kappa shape index (κ3) is 2.90. The van der Waals surface area contributed by atoms with Crippen LogP contribution in [0.3, 0.4) is 0 Å². The lowest BCUT2D eigenvalue weighted by molar-refractivity contribution is 0.245. The lowest BCUT2D eigenvalue weighted by atomic mass is 10.1. The fourth-order valence-corrected chi connectivity index (χ4v) is 3.29. The number of hydrogen-bond donors (Lipinski definition) is 0. The SMILES string of the molecule is Cn1cc([C@H]2CCCN2Cc2cn(-c3ccccc3)nn2)cn1. The van der Waals surface area contributed by atoms with Crippen LogP contribution in [0, 0.1) is 0 Å². The van der Waals surface area contributed by atoms with Crippen molar-refractivity contribution in [2.75, 3.05) is 6.54 Å². The Hall–Kier alpha value is -2.47. The van der Waals surface area contributed by atoms with E-state index in [2.05, 4.69) is 26.5 Å². The lowest BCUT2D eigenvalue weighted by Gasteiger charge is -2.22. The third-order valence-electron chi connectivity index (χ3n) is 4.40. The number of benzene rings is 1. The fraction of sp³-hybridized carbons (Fsp3) is 0.353. The number of aryl methyl sites for hydroxylation is 1. The van der Waals surface area contributed by atoms with Gasteiger partial charge in [-0.1, -0.05) is 23.4 Å². The van der Waals surface area contributed by atoms with Crippen molar-refractivity contribution < 1.29 is 0 Å². The van der Waals surface area contributed by atoms with Gasteiger partial charge in [-0.05, 0) is 31.5 Å². The molecule has 0 spiro atoms. The van der Waals surface area contributed by atoms with Gasteiger partial charge < -0.3 is 0 Å². The molecule has 0 saturated carbocycles. The minimum atomic E-state index is 0.436. The lowest BCUT2D eigenvalue weighted by Crippen LogP contribution is -2.22.